The maximum Gasteiger partial charge on any atom is 0.0937 e. The van der Waals surface area contributed by atoms with Crippen LogP contribution >= 0.6 is 21.8 Å². The fourth-order valence-electron chi connectivity index (χ4n) is 3.32. The van der Waals surface area contributed by atoms with E-state index in [4.69, 9.17) is 0 Å². The predicted octanol–water partition coefficient (Wildman–Crippen LogP) is 3.69. The van der Waals surface area contributed by atoms with Gasteiger partial charge in [0.25, 0.3) is 0 Å². The van der Waals surface area contributed by atoms with Gasteiger partial charge in [0.1, 0.15) is 0 Å². The van der Waals surface area contributed by atoms with Crippen molar-refractivity contribution in [3.8, 4) is 0 Å². The Balaban J connectivity index is 5.20. The smallest absolute Gasteiger partial charge is 0.0937 e. The number of hydrogen-bond donors (Lipinski definition) is 1. The normalized spacial score (nSPS) is 15.0. The molecule has 0 saturated heterocycles. The van der Waals surface area contributed by atoms with Crippen molar-refractivity contribution in [2.75, 3.05) is 85.1 Å². The summed E-state index contributed by atoms with van der Waals surface area (Å²) in [6.45, 7) is 22.1. The van der Waals surface area contributed by atoms with Crippen molar-refractivity contribution in [2.24, 2.45) is 5.41 Å². The van der Waals surface area contributed by atoms with Crippen molar-refractivity contribution in [3.63, 3.8) is 0 Å². The lowest BCUT2D eigenvalue weighted by molar-refractivity contribution is 0.184. The van der Waals surface area contributed by atoms with Gasteiger partial charge in [-0.25, -0.2) is 0 Å². The van der Waals surface area contributed by atoms with Crippen LogP contribution in [0.4, 0.5) is 0 Å². The molecule has 0 aliphatic rings. The second-order valence-corrected chi connectivity index (χ2v) is 23.7. The molecule has 0 heterocycles. The molecule has 0 atom stereocenters. The highest BCUT2D eigenvalue weighted by atomic mass is 31.2. The second kappa shape index (κ2) is 6.35. The van der Waals surface area contributed by atoms with Gasteiger partial charge in [-0.2, -0.15) is 0 Å². The molecular formula is C14H36OP3+3. The van der Waals surface area contributed by atoms with E-state index in [-0.39, 0.29) is 5.41 Å². The standard InChI is InChI=1S/C14H36OP3/c1-16(2,3)11-14(10-15,12-17(4,5)6)13-18(7,8)9/h15H,10-13H2,1-9H3/q+3. The Labute approximate surface area is 118 Å². The summed E-state index contributed by atoms with van der Waals surface area (Å²) in [6, 6.07) is 0. The molecular weight excluding hydrogens is 277 g/mol. The molecule has 0 aliphatic heterocycles. The summed E-state index contributed by atoms with van der Waals surface area (Å²) in [6.07, 6.45) is 3.77. The van der Waals surface area contributed by atoms with E-state index >= 15 is 0 Å². The largest absolute Gasteiger partial charge is 0.395 e. The van der Waals surface area contributed by atoms with Crippen LogP contribution in [0.1, 0.15) is 0 Å². The van der Waals surface area contributed by atoms with Crippen molar-refractivity contribution >= 4 is 21.8 Å². The third-order valence-corrected chi connectivity index (χ3v) is 7.62. The predicted molar refractivity (Wildman–Crippen MR) is 98.2 cm³/mol. The van der Waals surface area contributed by atoms with Gasteiger partial charge in [0.2, 0.25) is 0 Å². The molecule has 0 aliphatic carbocycles. The summed E-state index contributed by atoms with van der Waals surface area (Å²) in [5.41, 5.74) is 0.198. The van der Waals surface area contributed by atoms with Crippen molar-refractivity contribution in [1.82, 2.24) is 0 Å². The lowest BCUT2D eigenvalue weighted by Gasteiger charge is -2.36. The van der Waals surface area contributed by atoms with E-state index < -0.39 is 21.8 Å². The average molecular weight is 313 g/mol. The molecule has 4 heteroatoms. The van der Waals surface area contributed by atoms with Gasteiger partial charge in [0, 0.05) is 81.8 Å². The number of rotatable bonds is 7. The zero-order valence-electron chi connectivity index (χ0n) is 14.1. The zero-order valence-corrected chi connectivity index (χ0v) is 16.8. The van der Waals surface area contributed by atoms with E-state index in [1.165, 1.54) is 18.5 Å². The molecule has 1 N–H and O–H groups in total. The van der Waals surface area contributed by atoms with Gasteiger partial charge < -0.3 is 5.11 Å². The average Bonchev–Trinajstić information content (AvgIpc) is 1.93. The topological polar surface area (TPSA) is 20.2 Å². The van der Waals surface area contributed by atoms with E-state index in [9.17, 15) is 5.11 Å². The van der Waals surface area contributed by atoms with Crippen LogP contribution in [-0.4, -0.2) is 90.2 Å². The van der Waals surface area contributed by atoms with E-state index in [0.29, 0.717) is 6.61 Å². The molecule has 18 heavy (non-hydrogen) atoms. The lowest BCUT2D eigenvalue weighted by atomic mass is 9.97. The van der Waals surface area contributed by atoms with E-state index in [1.54, 1.807) is 0 Å². The van der Waals surface area contributed by atoms with Crippen LogP contribution in [0.5, 0.6) is 0 Å². The van der Waals surface area contributed by atoms with Gasteiger partial charge in [-0.1, -0.05) is 0 Å². The molecule has 0 fully saturated rings. The molecule has 0 saturated carbocycles. The quantitative estimate of drug-likeness (QED) is 0.711. The van der Waals surface area contributed by atoms with Crippen molar-refractivity contribution < 1.29 is 5.11 Å². The second-order valence-electron chi connectivity index (χ2n) is 9.00. The first-order chi connectivity index (χ1) is 7.68. The molecule has 0 aromatic heterocycles. The highest BCUT2D eigenvalue weighted by Gasteiger charge is 2.48. The monoisotopic (exact) mass is 313 g/mol. The maximum atomic E-state index is 10.1. The molecule has 1 nitrogen and oxygen atoms in total. The summed E-state index contributed by atoms with van der Waals surface area (Å²) in [7, 11) is -2.55. The van der Waals surface area contributed by atoms with Gasteiger partial charge in [0.15, 0.2) is 0 Å². The van der Waals surface area contributed by atoms with Gasteiger partial charge in [-0.05, 0) is 0 Å². The van der Waals surface area contributed by atoms with Gasteiger partial charge in [-0.3, -0.25) is 0 Å². The van der Waals surface area contributed by atoms with Crippen LogP contribution in [0.3, 0.4) is 0 Å². The summed E-state index contributed by atoms with van der Waals surface area (Å²) < 4.78 is 0. The lowest BCUT2D eigenvalue weighted by Crippen LogP contribution is -2.39. The van der Waals surface area contributed by atoms with Crippen LogP contribution in [0.25, 0.3) is 0 Å². The molecule has 0 spiro atoms. The SMILES string of the molecule is C[P+](C)(C)CC(CO)(C[P+](C)(C)C)C[P+](C)(C)C. The van der Waals surface area contributed by atoms with Crippen molar-refractivity contribution in [1.29, 1.82) is 0 Å². The molecule has 0 unspecified atom stereocenters. The molecule has 0 radical (unpaired) electrons. The third kappa shape index (κ3) is 9.20. The van der Waals surface area contributed by atoms with Crippen LogP contribution in [0.2, 0.25) is 0 Å². The molecule has 0 rings (SSSR count). The Morgan fingerprint density at radius 2 is 0.833 bits per heavy atom. The first kappa shape index (κ1) is 19.2. The Morgan fingerprint density at radius 1 is 0.611 bits per heavy atom. The molecule has 0 bridgehead atoms. The van der Waals surface area contributed by atoms with Crippen LogP contribution < -0.4 is 0 Å². The van der Waals surface area contributed by atoms with E-state index in [0.717, 1.165) is 0 Å². The minimum absolute atomic E-state index is 0.198. The van der Waals surface area contributed by atoms with Gasteiger partial charge in [0.05, 0.1) is 30.5 Å². The fraction of sp³-hybridized carbons (Fsp3) is 1.00. The number of hydrogen-bond acceptors (Lipinski definition) is 1. The highest BCUT2D eigenvalue weighted by molar-refractivity contribution is 7.75. The van der Waals surface area contributed by atoms with E-state index in [1.807, 2.05) is 0 Å². The fourth-order valence-corrected chi connectivity index (χ4v) is 10.9. The van der Waals surface area contributed by atoms with Crippen molar-refractivity contribution in [2.45, 2.75) is 0 Å². The summed E-state index contributed by atoms with van der Waals surface area (Å²) in [5, 5.41) is 10.1. The number of aliphatic hydroxyl groups is 1. The Kier molecular flexibility index (Phi) is 6.79. The molecule has 0 amide bonds. The van der Waals surface area contributed by atoms with Gasteiger partial charge >= 0.3 is 0 Å². The first-order valence-electron chi connectivity index (χ1n) is 6.70. The Bertz CT molecular complexity index is 215. The third-order valence-electron chi connectivity index (χ3n) is 2.76. The van der Waals surface area contributed by atoms with Crippen LogP contribution in [0.15, 0.2) is 0 Å². The summed E-state index contributed by atoms with van der Waals surface area (Å²) >= 11 is 0. The first-order valence-corrected chi connectivity index (χ1v) is 16.7. The minimum atomic E-state index is -0.850. The Morgan fingerprint density at radius 3 is 0.944 bits per heavy atom. The van der Waals surface area contributed by atoms with Crippen LogP contribution in [0, 0.1) is 5.41 Å². The maximum absolute atomic E-state index is 10.1. The van der Waals surface area contributed by atoms with Crippen molar-refractivity contribution in [3.05, 3.63) is 0 Å². The van der Waals surface area contributed by atoms with E-state index in [2.05, 4.69) is 60.0 Å². The summed E-state index contributed by atoms with van der Waals surface area (Å²) in [4.78, 5) is 0. The minimum Gasteiger partial charge on any atom is -0.395 e. The molecule has 0 aromatic carbocycles. The molecule has 0 aromatic rings. The molecule has 110 valence electrons. The van der Waals surface area contributed by atoms with Crippen LogP contribution in [-0.2, 0) is 0 Å². The highest BCUT2D eigenvalue weighted by Crippen LogP contribution is 2.62. The number of aliphatic hydroxyl groups excluding tert-OH is 1. The summed E-state index contributed by atoms with van der Waals surface area (Å²) in [5.74, 6) is 0. The Hall–Kier alpha value is 1.25. The zero-order chi connectivity index (χ0) is 14.8. The van der Waals surface area contributed by atoms with Gasteiger partial charge in [-0.15, -0.1) is 0 Å².